The summed E-state index contributed by atoms with van der Waals surface area (Å²) >= 11 is 3.04. The lowest BCUT2D eigenvalue weighted by molar-refractivity contribution is -0.140. The van der Waals surface area contributed by atoms with Gasteiger partial charge in [-0.25, -0.2) is 19.6 Å². The van der Waals surface area contributed by atoms with Gasteiger partial charge in [0.15, 0.2) is 5.58 Å². The number of nitrogens with one attached hydrogen (secondary N) is 2. The van der Waals surface area contributed by atoms with Crippen LogP contribution in [0.3, 0.4) is 0 Å². The fraction of sp³-hybridized carbons (Fsp3) is 0.320. The molecule has 0 spiro atoms. The number of halogens is 1. The Balaban J connectivity index is 1.35. The number of fused-ring (bicyclic) bond motifs is 2. The van der Waals surface area contributed by atoms with Crippen LogP contribution in [0.1, 0.15) is 19.3 Å². The molecule has 0 bridgehead atoms. The van der Waals surface area contributed by atoms with Gasteiger partial charge in [0.2, 0.25) is 0 Å². The third-order valence-corrected chi connectivity index (χ3v) is 6.61. The molecule has 0 radical (unpaired) electrons. The molecular formula is C25H25BrN6O5. The number of benzene rings is 2. The number of anilines is 3. The monoisotopic (exact) mass is 568 g/mol. The Morgan fingerprint density at radius 2 is 1.81 bits per heavy atom. The summed E-state index contributed by atoms with van der Waals surface area (Å²) in [4.78, 5) is 46.8. The molecular weight excluding hydrogens is 544 g/mol. The quantitative estimate of drug-likeness (QED) is 0.250. The van der Waals surface area contributed by atoms with Crippen LogP contribution in [0.2, 0.25) is 0 Å². The lowest BCUT2D eigenvalue weighted by atomic mass is 10.1. The van der Waals surface area contributed by atoms with Crippen LogP contribution in [0.25, 0.3) is 22.0 Å². The number of carbonyl (C=O) groups excluding carboxylic acids is 2. The van der Waals surface area contributed by atoms with Crippen LogP contribution in [-0.4, -0.2) is 56.5 Å². The van der Waals surface area contributed by atoms with Crippen molar-refractivity contribution in [3.63, 3.8) is 0 Å². The number of hydrogen-bond acceptors (Lipinski definition) is 8. The first-order valence-electron chi connectivity index (χ1n) is 11.9. The van der Waals surface area contributed by atoms with Gasteiger partial charge in [-0.15, -0.1) is 0 Å². The van der Waals surface area contributed by atoms with Gasteiger partial charge in [-0.2, -0.15) is 0 Å². The van der Waals surface area contributed by atoms with Gasteiger partial charge in [0.1, 0.15) is 24.1 Å². The van der Waals surface area contributed by atoms with Crippen LogP contribution in [-0.2, 0) is 16.1 Å². The van der Waals surface area contributed by atoms with Crippen LogP contribution in [0.5, 0.6) is 0 Å². The van der Waals surface area contributed by atoms with Crippen LogP contribution < -0.4 is 16.4 Å². The van der Waals surface area contributed by atoms with Gasteiger partial charge in [0, 0.05) is 35.9 Å². The molecule has 1 saturated heterocycles. The number of rotatable bonds is 7. The highest BCUT2D eigenvalue weighted by Gasteiger charge is 2.17. The van der Waals surface area contributed by atoms with Crippen molar-refractivity contribution in [3.8, 4) is 0 Å². The van der Waals surface area contributed by atoms with Crippen molar-refractivity contribution in [1.29, 1.82) is 0 Å². The second-order valence-electron chi connectivity index (χ2n) is 8.61. The van der Waals surface area contributed by atoms with Crippen LogP contribution >= 0.6 is 15.9 Å². The third-order valence-electron chi connectivity index (χ3n) is 6.15. The molecule has 5 rings (SSSR count). The van der Waals surface area contributed by atoms with E-state index in [1.165, 1.54) is 17.3 Å². The Bertz CT molecular complexity index is 1490. The molecule has 1 aliphatic rings. The summed E-state index contributed by atoms with van der Waals surface area (Å²) in [5.74, 6) is -0.420. The zero-order valence-electron chi connectivity index (χ0n) is 19.9. The van der Waals surface area contributed by atoms with E-state index in [1.807, 2.05) is 29.2 Å². The topological polar surface area (TPSA) is 132 Å². The lowest BCUT2D eigenvalue weighted by Gasteiger charge is -2.26. The summed E-state index contributed by atoms with van der Waals surface area (Å²) in [6.45, 7) is 1.75. The summed E-state index contributed by atoms with van der Waals surface area (Å²) in [6.07, 6.45) is 4.67. The lowest BCUT2D eigenvalue weighted by Crippen LogP contribution is -2.38. The highest BCUT2D eigenvalue weighted by Crippen LogP contribution is 2.28. The van der Waals surface area contributed by atoms with Crippen molar-refractivity contribution >= 4 is 67.1 Å². The maximum absolute atomic E-state index is 12.5. The van der Waals surface area contributed by atoms with Crippen LogP contribution in [0.4, 0.5) is 22.0 Å². The molecule has 0 unspecified atom stereocenters. The minimum Gasteiger partial charge on any atom is -0.463 e. The summed E-state index contributed by atoms with van der Waals surface area (Å²) in [6, 6.07) is 10.7. The maximum Gasteiger partial charge on any atom is 0.420 e. The molecule has 37 heavy (non-hydrogen) atoms. The average molecular weight is 569 g/mol. The highest BCUT2D eigenvalue weighted by molar-refractivity contribution is 9.09. The number of likely N-dealkylation sites (tertiary alicyclic amines) is 1. The number of carbonyl (C=O) groups is 2. The molecule has 0 aliphatic carbocycles. The number of esters is 1. The second kappa shape index (κ2) is 11.0. The standard InChI is InChI=1S/C25H25BrN6O5/c26-14-22(33)36-11-10-32-20-12-18-19(13-21(20)37-25(32)35)27-15-28-23(18)29-16-4-6-17(7-5-16)30-24(34)31-8-2-1-3-9-31/h4-7,12-13,15H,1-3,8-11,14H2,(H,30,34)(H,27,28,29). The van der Waals surface area contributed by atoms with E-state index in [9.17, 15) is 14.4 Å². The second-order valence-corrected chi connectivity index (χ2v) is 9.17. The number of oxazole rings is 1. The molecule has 0 atom stereocenters. The van der Waals surface area contributed by atoms with E-state index in [2.05, 4.69) is 36.5 Å². The Kier molecular flexibility index (Phi) is 7.35. The molecule has 1 aliphatic heterocycles. The Labute approximate surface area is 219 Å². The van der Waals surface area contributed by atoms with Crippen molar-refractivity contribution in [2.75, 3.05) is 35.7 Å². The predicted molar refractivity (Wildman–Crippen MR) is 142 cm³/mol. The van der Waals surface area contributed by atoms with E-state index in [1.54, 1.807) is 12.1 Å². The Hall–Kier alpha value is -3.93. The fourth-order valence-corrected chi connectivity index (χ4v) is 4.45. The smallest absolute Gasteiger partial charge is 0.420 e. The summed E-state index contributed by atoms with van der Waals surface area (Å²) in [7, 11) is 0. The first-order chi connectivity index (χ1) is 18.0. The predicted octanol–water partition coefficient (Wildman–Crippen LogP) is 4.24. The van der Waals surface area contributed by atoms with Gasteiger partial charge in [0.05, 0.1) is 17.6 Å². The van der Waals surface area contributed by atoms with Gasteiger partial charge < -0.3 is 24.7 Å². The maximum atomic E-state index is 12.5. The molecule has 2 N–H and O–H groups in total. The summed E-state index contributed by atoms with van der Waals surface area (Å²) in [5, 5.41) is 6.99. The number of amides is 2. The molecule has 3 heterocycles. The number of nitrogens with zero attached hydrogens (tertiary/aromatic N) is 4. The van der Waals surface area contributed by atoms with E-state index < -0.39 is 11.7 Å². The van der Waals surface area contributed by atoms with E-state index in [-0.39, 0.29) is 24.5 Å². The molecule has 12 heteroatoms. The zero-order chi connectivity index (χ0) is 25.8. The molecule has 192 valence electrons. The number of urea groups is 1. The van der Waals surface area contributed by atoms with E-state index in [0.29, 0.717) is 33.5 Å². The van der Waals surface area contributed by atoms with Gasteiger partial charge >= 0.3 is 17.8 Å². The summed E-state index contributed by atoms with van der Waals surface area (Å²) in [5.41, 5.74) is 2.99. The van der Waals surface area contributed by atoms with E-state index in [0.717, 1.165) is 31.6 Å². The first kappa shape index (κ1) is 24.8. The zero-order valence-corrected chi connectivity index (χ0v) is 21.5. The minimum absolute atomic E-state index is 0.0358. The van der Waals surface area contributed by atoms with Crippen molar-refractivity contribution in [2.45, 2.75) is 25.8 Å². The van der Waals surface area contributed by atoms with Crippen molar-refractivity contribution < 1.29 is 18.7 Å². The molecule has 11 nitrogen and oxygen atoms in total. The van der Waals surface area contributed by atoms with E-state index >= 15 is 0 Å². The van der Waals surface area contributed by atoms with Gasteiger partial charge in [-0.3, -0.25) is 9.36 Å². The van der Waals surface area contributed by atoms with Crippen molar-refractivity contribution in [3.05, 3.63) is 53.3 Å². The highest BCUT2D eigenvalue weighted by atomic mass is 79.9. The number of piperidine rings is 1. The van der Waals surface area contributed by atoms with Crippen molar-refractivity contribution in [2.24, 2.45) is 0 Å². The van der Waals surface area contributed by atoms with Crippen molar-refractivity contribution in [1.82, 2.24) is 19.4 Å². The Morgan fingerprint density at radius 3 is 2.57 bits per heavy atom. The minimum atomic E-state index is -0.551. The largest absolute Gasteiger partial charge is 0.463 e. The molecule has 2 aromatic carbocycles. The molecule has 1 fully saturated rings. The van der Waals surface area contributed by atoms with Crippen LogP contribution in [0, 0.1) is 0 Å². The van der Waals surface area contributed by atoms with Gasteiger partial charge in [0.25, 0.3) is 0 Å². The third kappa shape index (κ3) is 5.58. The molecule has 4 aromatic rings. The first-order valence-corrected chi connectivity index (χ1v) is 13.1. The number of aromatic nitrogens is 3. The molecule has 2 aromatic heterocycles. The summed E-state index contributed by atoms with van der Waals surface area (Å²) < 4.78 is 11.9. The van der Waals surface area contributed by atoms with Crippen LogP contribution in [0.15, 0.2) is 51.9 Å². The average Bonchev–Trinajstić information content (AvgIpc) is 3.22. The normalized spacial score (nSPS) is 13.6. The molecule has 2 amide bonds. The molecule has 0 saturated carbocycles. The number of alkyl halides is 1. The van der Waals surface area contributed by atoms with Gasteiger partial charge in [-0.1, -0.05) is 15.9 Å². The number of ether oxygens (including phenoxy) is 1. The number of hydrogen-bond donors (Lipinski definition) is 2. The van der Waals surface area contributed by atoms with E-state index in [4.69, 9.17) is 9.15 Å². The Morgan fingerprint density at radius 1 is 1.05 bits per heavy atom. The SMILES string of the molecule is O=C(CBr)OCCn1c(=O)oc2cc3ncnc(Nc4ccc(NC(=O)N5CCCCC5)cc4)c3cc21. The fourth-order valence-electron chi connectivity index (χ4n) is 4.29. The van der Waals surface area contributed by atoms with Gasteiger partial charge in [-0.05, 0) is 49.6 Å².